The number of cyclic esters (lactones) is 1. The number of esters is 1. The van der Waals surface area contributed by atoms with Gasteiger partial charge in [-0.1, -0.05) is 12.1 Å². The molecule has 1 aliphatic rings. The molecule has 2 atom stereocenters. The highest BCUT2D eigenvalue weighted by Gasteiger charge is 2.36. The van der Waals surface area contributed by atoms with Crippen LogP contribution in [0.3, 0.4) is 0 Å². The molecule has 7 heteroatoms. The van der Waals surface area contributed by atoms with Crippen molar-refractivity contribution >= 4 is 23.4 Å². The van der Waals surface area contributed by atoms with Gasteiger partial charge in [0.2, 0.25) is 0 Å². The second-order valence-electron chi connectivity index (χ2n) is 6.16. The van der Waals surface area contributed by atoms with Crippen molar-refractivity contribution < 1.29 is 19.1 Å². The maximum absolute atomic E-state index is 12.3. The SMILES string of the molecule is COC(=O)c1ccccc1NC(C)C1CN(c2ccc(C#N)cc2)C(=O)O1. The van der Waals surface area contributed by atoms with Crippen LogP contribution in [-0.2, 0) is 9.47 Å². The van der Waals surface area contributed by atoms with Crippen LogP contribution in [0.15, 0.2) is 48.5 Å². The molecule has 0 aromatic heterocycles. The van der Waals surface area contributed by atoms with Gasteiger partial charge in [0.25, 0.3) is 0 Å². The van der Waals surface area contributed by atoms with Crippen molar-refractivity contribution in [1.29, 1.82) is 5.26 Å². The lowest BCUT2D eigenvalue weighted by atomic mass is 10.1. The number of para-hydroxylation sites is 1. The number of nitriles is 1. The van der Waals surface area contributed by atoms with Crippen LogP contribution >= 0.6 is 0 Å². The van der Waals surface area contributed by atoms with Gasteiger partial charge < -0.3 is 14.8 Å². The summed E-state index contributed by atoms with van der Waals surface area (Å²) in [6, 6.07) is 15.6. The molecule has 0 spiro atoms. The van der Waals surface area contributed by atoms with Crippen molar-refractivity contribution in [2.45, 2.75) is 19.1 Å². The topological polar surface area (TPSA) is 91.7 Å². The average molecular weight is 365 g/mol. The van der Waals surface area contributed by atoms with E-state index in [0.29, 0.717) is 29.0 Å². The molecule has 1 aliphatic heterocycles. The first-order valence-electron chi connectivity index (χ1n) is 8.45. The van der Waals surface area contributed by atoms with Gasteiger partial charge >= 0.3 is 12.1 Å². The zero-order valence-corrected chi connectivity index (χ0v) is 15.0. The molecule has 1 fully saturated rings. The Kier molecular flexibility index (Phi) is 5.27. The van der Waals surface area contributed by atoms with Gasteiger partial charge in [-0.05, 0) is 43.3 Å². The minimum atomic E-state index is -0.445. The van der Waals surface area contributed by atoms with Crippen molar-refractivity contribution in [3.63, 3.8) is 0 Å². The predicted molar refractivity (Wildman–Crippen MR) is 99.6 cm³/mol. The number of benzene rings is 2. The molecular weight excluding hydrogens is 346 g/mol. The van der Waals surface area contributed by atoms with Crippen LogP contribution in [0.25, 0.3) is 0 Å². The predicted octanol–water partition coefficient (Wildman–Crippen LogP) is 3.17. The Hall–Kier alpha value is -3.53. The van der Waals surface area contributed by atoms with Crippen molar-refractivity contribution in [3.8, 4) is 6.07 Å². The van der Waals surface area contributed by atoms with E-state index in [2.05, 4.69) is 5.32 Å². The van der Waals surface area contributed by atoms with E-state index in [1.54, 1.807) is 42.5 Å². The van der Waals surface area contributed by atoms with Crippen LogP contribution < -0.4 is 10.2 Å². The molecule has 0 bridgehead atoms. The molecule has 138 valence electrons. The van der Waals surface area contributed by atoms with Crippen LogP contribution in [0.2, 0.25) is 0 Å². The van der Waals surface area contributed by atoms with Crippen molar-refractivity contribution in [2.24, 2.45) is 0 Å². The largest absolute Gasteiger partial charge is 0.465 e. The molecule has 2 aromatic rings. The van der Waals surface area contributed by atoms with Crippen LogP contribution in [0.4, 0.5) is 16.2 Å². The molecule has 2 aromatic carbocycles. The van der Waals surface area contributed by atoms with E-state index in [4.69, 9.17) is 14.7 Å². The minimum Gasteiger partial charge on any atom is -0.465 e. The second-order valence-corrected chi connectivity index (χ2v) is 6.16. The molecule has 3 rings (SSSR count). The molecule has 2 unspecified atom stereocenters. The normalized spacial score (nSPS) is 17.0. The van der Waals surface area contributed by atoms with Crippen molar-refractivity contribution in [3.05, 3.63) is 59.7 Å². The Morgan fingerprint density at radius 1 is 1.30 bits per heavy atom. The van der Waals surface area contributed by atoms with Crippen LogP contribution in [0, 0.1) is 11.3 Å². The Morgan fingerprint density at radius 2 is 2.00 bits per heavy atom. The summed E-state index contributed by atoms with van der Waals surface area (Å²) in [5.74, 6) is -0.437. The van der Waals surface area contributed by atoms with Crippen LogP contribution in [0.1, 0.15) is 22.8 Å². The van der Waals surface area contributed by atoms with Crippen molar-refractivity contribution in [1.82, 2.24) is 0 Å². The number of nitrogens with one attached hydrogen (secondary N) is 1. The van der Waals surface area contributed by atoms with Crippen LogP contribution in [0.5, 0.6) is 0 Å². The lowest BCUT2D eigenvalue weighted by Gasteiger charge is -2.21. The first-order valence-corrected chi connectivity index (χ1v) is 8.45. The highest BCUT2D eigenvalue weighted by atomic mass is 16.6. The Bertz CT molecular complexity index is 889. The highest BCUT2D eigenvalue weighted by molar-refractivity contribution is 5.95. The van der Waals surface area contributed by atoms with E-state index in [-0.39, 0.29) is 6.04 Å². The van der Waals surface area contributed by atoms with Gasteiger partial charge in [-0.3, -0.25) is 4.90 Å². The molecule has 1 N–H and O–H groups in total. The van der Waals surface area contributed by atoms with Gasteiger partial charge in [-0.15, -0.1) is 0 Å². The summed E-state index contributed by atoms with van der Waals surface area (Å²) in [7, 11) is 1.33. The maximum atomic E-state index is 12.3. The fourth-order valence-corrected chi connectivity index (χ4v) is 2.91. The molecule has 1 heterocycles. The Labute approximate surface area is 157 Å². The zero-order valence-electron chi connectivity index (χ0n) is 15.0. The third-order valence-electron chi connectivity index (χ3n) is 4.42. The lowest BCUT2D eigenvalue weighted by molar-refractivity contribution is 0.0601. The number of nitrogens with zero attached hydrogens (tertiary/aromatic N) is 2. The first kappa shape index (κ1) is 18.3. The maximum Gasteiger partial charge on any atom is 0.414 e. The summed E-state index contributed by atoms with van der Waals surface area (Å²) in [5, 5.41) is 12.1. The molecular formula is C20H19N3O4. The number of ether oxygens (including phenoxy) is 2. The third kappa shape index (κ3) is 3.85. The fraction of sp³-hybridized carbons (Fsp3) is 0.250. The number of anilines is 2. The number of hydrogen-bond donors (Lipinski definition) is 1. The quantitative estimate of drug-likeness (QED) is 0.818. The Morgan fingerprint density at radius 3 is 2.67 bits per heavy atom. The van der Waals surface area contributed by atoms with Gasteiger partial charge in [0.15, 0.2) is 0 Å². The van der Waals surface area contributed by atoms with Gasteiger partial charge in [-0.2, -0.15) is 5.26 Å². The monoisotopic (exact) mass is 365 g/mol. The van der Waals surface area contributed by atoms with E-state index in [1.165, 1.54) is 12.0 Å². The standard InChI is InChI=1S/C20H19N3O4/c1-13(22-17-6-4-3-5-16(17)19(24)26-2)18-12-23(20(25)27-18)15-9-7-14(11-21)8-10-15/h3-10,13,18,22H,12H2,1-2H3. The summed E-state index contributed by atoms with van der Waals surface area (Å²) < 4.78 is 10.3. The summed E-state index contributed by atoms with van der Waals surface area (Å²) >= 11 is 0. The Balaban J connectivity index is 1.72. The average Bonchev–Trinajstić information content (AvgIpc) is 3.09. The van der Waals surface area contributed by atoms with Gasteiger partial charge in [0.05, 0.1) is 36.9 Å². The smallest absolute Gasteiger partial charge is 0.414 e. The van der Waals surface area contributed by atoms with E-state index >= 15 is 0 Å². The summed E-state index contributed by atoms with van der Waals surface area (Å²) in [5.41, 5.74) is 2.23. The number of hydrogen-bond acceptors (Lipinski definition) is 6. The molecule has 0 aliphatic carbocycles. The number of carbonyl (C=O) groups is 2. The van der Waals surface area contributed by atoms with Crippen molar-refractivity contribution in [2.75, 3.05) is 23.9 Å². The molecule has 1 saturated heterocycles. The summed E-state index contributed by atoms with van der Waals surface area (Å²) in [4.78, 5) is 25.7. The number of methoxy groups -OCH3 is 1. The third-order valence-corrected chi connectivity index (χ3v) is 4.42. The van der Waals surface area contributed by atoms with Gasteiger partial charge in [0.1, 0.15) is 6.10 Å². The molecule has 1 amide bonds. The first-order chi connectivity index (χ1) is 13.0. The lowest BCUT2D eigenvalue weighted by Crippen LogP contribution is -2.35. The number of carbonyl (C=O) groups excluding carboxylic acids is 2. The van der Waals surface area contributed by atoms with Gasteiger partial charge in [0, 0.05) is 11.4 Å². The summed E-state index contributed by atoms with van der Waals surface area (Å²) in [6.45, 7) is 2.24. The number of rotatable bonds is 5. The molecule has 7 nitrogen and oxygen atoms in total. The van der Waals surface area contributed by atoms with E-state index in [9.17, 15) is 9.59 Å². The fourth-order valence-electron chi connectivity index (χ4n) is 2.91. The molecule has 27 heavy (non-hydrogen) atoms. The van der Waals surface area contributed by atoms with Crippen LogP contribution in [-0.4, -0.2) is 37.9 Å². The summed E-state index contributed by atoms with van der Waals surface area (Å²) in [6.07, 6.45) is -0.849. The number of amides is 1. The molecule has 0 saturated carbocycles. The van der Waals surface area contributed by atoms with E-state index in [0.717, 1.165) is 0 Å². The van der Waals surface area contributed by atoms with Gasteiger partial charge in [-0.25, -0.2) is 9.59 Å². The van der Waals surface area contributed by atoms with E-state index in [1.807, 2.05) is 19.1 Å². The highest BCUT2D eigenvalue weighted by Crippen LogP contribution is 2.25. The second kappa shape index (κ2) is 7.79. The zero-order chi connectivity index (χ0) is 19.4. The molecule has 0 radical (unpaired) electrons. The van der Waals surface area contributed by atoms with E-state index < -0.39 is 18.2 Å². The minimum absolute atomic E-state index is 0.233.